The van der Waals surface area contributed by atoms with Gasteiger partial charge in [-0.2, -0.15) is 4.31 Å². The second-order valence-electron chi connectivity index (χ2n) is 9.42. The van der Waals surface area contributed by atoms with Crippen LogP contribution in [0.2, 0.25) is 0 Å². The highest BCUT2D eigenvalue weighted by Crippen LogP contribution is 2.25. The zero-order valence-electron chi connectivity index (χ0n) is 19.7. The molecule has 3 heterocycles. The Morgan fingerprint density at radius 2 is 1.80 bits per heavy atom. The largest absolute Gasteiger partial charge is 0.346 e. The average molecular weight is 496 g/mol. The summed E-state index contributed by atoms with van der Waals surface area (Å²) in [5.41, 5.74) is 2.98. The molecule has 3 N–H and O–H groups in total. The number of amides is 1. The van der Waals surface area contributed by atoms with E-state index in [-0.39, 0.29) is 16.4 Å². The number of carbonyl (C=O) groups is 1. The number of hydrogen-bond acceptors (Lipinski definition) is 4. The number of aromatic amines is 1. The molecule has 9 heteroatoms. The van der Waals surface area contributed by atoms with Crippen LogP contribution in [0.25, 0.3) is 10.9 Å². The summed E-state index contributed by atoms with van der Waals surface area (Å²) in [5.74, 6) is -0.370. The number of quaternary nitrogens is 1. The van der Waals surface area contributed by atoms with Gasteiger partial charge in [0, 0.05) is 42.0 Å². The van der Waals surface area contributed by atoms with Crippen LogP contribution in [0.4, 0.5) is 0 Å². The lowest BCUT2D eigenvalue weighted by atomic mass is 10.00. The van der Waals surface area contributed by atoms with Gasteiger partial charge in [-0.25, -0.2) is 8.42 Å². The molecule has 1 amide bonds. The number of carbonyl (C=O) groups excluding carboxylic acids is 1. The van der Waals surface area contributed by atoms with E-state index < -0.39 is 15.6 Å². The average Bonchev–Trinajstić information content (AvgIpc) is 2.88. The predicted molar refractivity (Wildman–Crippen MR) is 134 cm³/mol. The van der Waals surface area contributed by atoms with E-state index >= 15 is 0 Å². The van der Waals surface area contributed by atoms with Crippen LogP contribution in [0, 0.1) is 0 Å². The number of fused-ring (bicyclic) bond motifs is 2. The lowest BCUT2D eigenvalue weighted by molar-refractivity contribution is -0.914. The van der Waals surface area contributed by atoms with Crippen LogP contribution >= 0.6 is 0 Å². The molecule has 1 fully saturated rings. The number of piperidine rings is 1. The molecule has 3 aromatic rings. The number of pyridine rings is 1. The Hall–Kier alpha value is -3.01. The summed E-state index contributed by atoms with van der Waals surface area (Å²) >= 11 is 0. The van der Waals surface area contributed by atoms with Crippen molar-refractivity contribution in [2.75, 3.05) is 32.7 Å². The fraction of sp³-hybridized carbons (Fsp3) is 0.385. The molecule has 2 aliphatic heterocycles. The number of nitrogens with one attached hydrogen (secondary N) is 3. The molecule has 5 rings (SSSR count). The van der Waals surface area contributed by atoms with Crippen molar-refractivity contribution in [3.8, 4) is 0 Å². The number of hydrogen-bond donors (Lipinski definition) is 3. The maximum absolute atomic E-state index is 13.2. The Bertz CT molecular complexity index is 1410. The Morgan fingerprint density at radius 1 is 1.03 bits per heavy atom. The van der Waals surface area contributed by atoms with Crippen molar-refractivity contribution >= 4 is 26.8 Å². The van der Waals surface area contributed by atoms with Crippen LogP contribution in [0.3, 0.4) is 0 Å². The Balaban J connectivity index is 1.33. The molecule has 2 aromatic carbocycles. The van der Waals surface area contributed by atoms with Gasteiger partial charge in [0.05, 0.1) is 30.1 Å². The monoisotopic (exact) mass is 495 g/mol. The maximum atomic E-state index is 13.2. The predicted octanol–water partition coefficient (Wildman–Crippen LogP) is 1.07. The first-order chi connectivity index (χ1) is 16.9. The van der Waals surface area contributed by atoms with Gasteiger partial charge in [-0.05, 0) is 36.6 Å². The van der Waals surface area contributed by atoms with Gasteiger partial charge in [-0.1, -0.05) is 30.7 Å². The van der Waals surface area contributed by atoms with Gasteiger partial charge < -0.3 is 15.2 Å². The van der Waals surface area contributed by atoms with Crippen LogP contribution in [0.5, 0.6) is 0 Å². The van der Waals surface area contributed by atoms with Crippen molar-refractivity contribution in [2.24, 2.45) is 0 Å². The molecule has 0 aliphatic carbocycles. The third-order valence-corrected chi connectivity index (χ3v) is 8.98. The summed E-state index contributed by atoms with van der Waals surface area (Å²) in [6, 6.07) is 14.3. The van der Waals surface area contributed by atoms with Gasteiger partial charge in [-0.15, -0.1) is 0 Å². The number of rotatable bonds is 6. The van der Waals surface area contributed by atoms with Gasteiger partial charge in [0.1, 0.15) is 6.54 Å². The summed E-state index contributed by atoms with van der Waals surface area (Å²) in [6.07, 6.45) is 3.74. The van der Waals surface area contributed by atoms with Gasteiger partial charge in [0.15, 0.2) is 0 Å². The molecule has 0 spiro atoms. The zero-order chi connectivity index (χ0) is 24.4. The van der Waals surface area contributed by atoms with E-state index in [4.69, 9.17) is 0 Å². The molecule has 0 radical (unpaired) electrons. The van der Waals surface area contributed by atoms with E-state index in [1.165, 1.54) is 38.5 Å². The first kappa shape index (κ1) is 23.7. The SMILES string of the molecule is O=C(NCC[NH+]1CCc2ccccc2C1)c1cc(=O)[nH]c2ccc(S(=O)(=O)N3CCCCC3)cc12. The first-order valence-corrected chi connectivity index (χ1v) is 13.7. The second kappa shape index (κ2) is 9.93. The molecule has 35 heavy (non-hydrogen) atoms. The summed E-state index contributed by atoms with van der Waals surface area (Å²) in [7, 11) is -3.66. The van der Waals surface area contributed by atoms with Crippen LogP contribution in [0.15, 0.2) is 58.2 Å². The molecule has 0 bridgehead atoms. The van der Waals surface area contributed by atoms with E-state index in [2.05, 4.69) is 34.6 Å². The van der Waals surface area contributed by atoms with Crippen molar-refractivity contribution in [1.29, 1.82) is 0 Å². The van der Waals surface area contributed by atoms with E-state index in [1.807, 2.05) is 0 Å². The molecule has 1 atom stereocenters. The Morgan fingerprint density at radius 3 is 2.60 bits per heavy atom. The van der Waals surface area contributed by atoms with Gasteiger partial charge in [-0.3, -0.25) is 9.59 Å². The third-order valence-electron chi connectivity index (χ3n) is 7.08. The van der Waals surface area contributed by atoms with Crippen LogP contribution in [-0.2, 0) is 23.0 Å². The minimum Gasteiger partial charge on any atom is -0.346 e. The summed E-state index contributed by atoms with van der Waals surface area (Å²) in [5, 5.41) is 3.37. The Labute approximate surface area is 205 Å². The highest BCUT2D eigenvalue weighted by Gasteiger charge is 2.27. The number of benzene rings is 2. The van der Waals surface area contributed by atoms with E-state index in [0.717, 1.165) is 45.3 Å². The topological polar surface area (TPSA) is 104 Å². The van der Waals surface area contributed by atoms with Crippen molar-refractivity contribution in [2.45, 2.75) is 37.1 Å². The number of H-pyrrole nitrogens is 1. The van der Waals surface area contributed by atoms with Crippen molar-refractivity contribution < 1.29 is 18.1 Å². The molecular weight excluding hydrogens is 464 g/mol. The Kier molecular flexibility index (Phi) is 6.73. The van der Waals surface area contributed by atoms with E-state index in [9.17, 15) is 18.0 Å². The molecule has 2 aliphatic rings. The van der Waals surface area contributed by atoms with Crippen LogP contribution < -0.4 is 15.8 Å². The lowest BCUT2D eigenvalue weighted by Crippen LogP contribution is -3.12. The first-order valence-electron chi connectivity index (χ1n) is 12.3. The zero-order valence-corrected chi connectivity index (χ0v) is 20.5. The summed E-state index contributed by atoms with van der Waals surface area (Å²) in [6.45, 7) is 4.19. The fourth-order valence-electron chi connectivity index (χ4n) is 5.14. The number of aromatic nitrogens is 1. The number of nitrogens with zero attached hydrogens (tertiary/aromatic N) is 1. The molecule has 1 unspecified atom stereocenters. The minimum absolute atomic E-state index is 0.143. The minimum atomic E-state index is -3.66. The van der Waals surface area contributed by atoms with Gasteiger partial charge >= 0.3 is 0 Å². The lowest BCUT2D eigenvalue weighted by Gasteiger charge is -2.26. The van der Waals surface area contributed by atoms with Crippen molar-refractivity contribution in [3.63, 3.8) is 0 Å². The molecule has 184 valence electrons. The summed E-state index contributed by atoms with van der Waals surface area (Å²) < 4.78 is 27.8. The normalized spacial score (nSPS) is 18.8. The molecule has 1 aromatic heterocycles. The molecule has 8 nitrogen and oxygen atoms in total. The molecule has 0 saturated carbocycles. The smallest absolute Gasteiger partial charge is 0.252 e. The number of sulfonamides is 1. The van der Waals surface area contributed by atoms with E-state index in [0.29, 0.717) is 30.5 Å². The fourth-order valence-corrected chi connectivity index (χ4v) is 6.68. The highest BCUT2D eigenvalue weighted by molar-refractivity contribution is 7.89. The highest BCUT2D eigenvalue weighted by atomic mass is 32.2. The second-order valence-corrected chi connectivity index (χ2v) is 11.4. The standard InChI is InChI=1S/C26H30N4O4S/c31-25-17-23(26(32)27-11-15-29-14-10-19-6-2-3-7-20(19)18-29)22-16-21(8-9-24(22)28-25)35(33,34)30-12-4-1-5-13-30/h2-3,6-9,16-17H,1,4-5,10-15,18H2,(H,27,32)(H,28,31)/p+1. The van der Waals surface area contributed by atoms with Crippen LogP contribution in [-0.4, -0.2) is 56.3 Å². The van der Waals surface area contributed by atoms with E-state index in [1.54, 1.807) is 6.07 Å². The van der Waals surface area contributed by atoms with Gasteiger partial charge in [0.25, 0.3) is 5.91 Å². The summed E-state index contributed by atoms with van der Waals surface area (Å²) in [4.78, 5) is 29.5. The molecule has 1 saturated heterocycles. The van der Waals surface area contributed by atoms with Gasteiger partial charge in [0.2, 0.25) is 15.6 Å². The third kappa shape index (κ3) is 5.03. The quantitative estimate of drug-likeness (QED) is 0.476. The van der Waals surface area contributed by atoms with Crippen molar-refractivity contribution in [1.82, 2.24) is 14.6 Å². The molecular formula is C26H31N4O4S+. The van der Waals surface area contributed by atoms with Crippen molar-refractivity contribution in [3.05, 3.63) is 75.6 Å². The van der Waals surface area contributed by atoms with Crippen LogP contribution in [0.1, 0.15) is 40.7 Å². The maximum Gasteiger partial charge on any atom is 0.252 e.